The average Bonchev–Trinajstić information content (AvgIpc) is 3.31. The van der Waals surface area contributed by atoms with Gasteiger partial charge >= 0.3 is 0 Å². The van der Waals surface area contributed by atoms with Crippen LogP contribution in [0.4, 0.5) is 17.1 Å². The molecule has 0 saturated carbocycles. The van der Waals surface area contributed by atoms with Crippen molar-refractivity contribution in [3.8, 4) is 0 Å². The molecule has 3 aromatic rings. The number of nitro groups is 1. The van der Waals surface area contributed by atoms with Crippen molar-refractivity contribution >= 4 is 44.8 Å². The summed E-state index contributed by atoms with van der Waals surface area (Å²) in [6.07, 6.45) is -0.994. The summed E-state index contributed by atoms with van der Waals surface area (Å²) in [4.78, 5) is 44.3. The van der Waals surface area contributed by atoms with Crippen LogP contribution < -0.4 is 9.96 Å². The zero-order valence-corrected chi connectivity index (χ0v) is 18.1. The predicted octanol–water partition coefficient (Wildman–Crippen LogP) is 4.41. The quantitative estimate of drug-likeness (QED) is 0.303. The number of fused-ring (bicyclic) bond motifs is 1. The molecule has 160 valence electrons. The highest BCUT2D eigenvalue weighted by atomic mass is 79.9. The Kier molecular flexibility index (Phi) is 4.99. The minimum absolute atomic E-state index is 0.118. The van der Waals surface area contributed by atoms with E-state index in [0.29, 0.717) is 0 Å². The molecule has 9 heteroatoms. The van der Waals surface area contributed by atoms with Gasteiger partial charge < -0.3 is 0 Å². The van der Waals surface area contributed by atoms with Crippen LogP contribution in [0.3, 0.4) is 0 Å². The van der Waals surface area contributed by atoms with E-state index in [4.69, 9.17) is 4.84 Å². The van der Waals surface area contributed by atoms with E-state index in [1.54, 1.807) is 5.06 Å². The Bertz CT molecular complexity index is 1200. The van der Waals surface area contributed by atoms with Gasteiger partial charge in [-0.3, -0.25) is 24.5 Å². The Morgan fingerprint density at radius 2 is 1.50 bits per heavy atom. The molecule has 2 heterocycles. The van der Waals surface area contributed by atoms with E-state index >= 15 is 0 Å². The summed E-state index contributed by atoms with van der Waals surface area (Å²) in [5.74, 6) is -1.66. The van der Waals surface area contributed by atoms with Crippen LogP contribution in [0.2, 0.25) is 0 Å². The topological polar surface area (TPSA) is 93.0 Å². The van der Waals surface area contributed by atoms with Gasteiger partial charge in [-0.25, -0.2) is 9.96 Å². The summed E-state index contributed by atoms with van der Waals surface area (Å²) in [5.41, 5.74) is 1.73. The van der Waals surface area contributed by atoms with Crippen LogP contribution in [0.1, 0.15) is 11.6 Å². The van der Waals surface area contributed by atoms with Gasteiger partial charge in [-0.05, 0) is 42.0 Å². The number of non-ortho nitro benzene ring substituents is 1. The zero-order valence-electron chi connectivity index (χ0n) is 16.5. The Morgan fingerprint density at radius 1 is 0.844 bits per heavy atom. The maximum Gasteiger partial charge on any atom is 0.269 e. The van der Waals surface area contributed by atoms with Crippen molar-refractivity contribution in [3.63, 3.8) is 0 Å². The van der Waals surface area contributed by atoms with Crippen LogP contribution in [0.25, 0.3) is 0 Å². The second kappa shape index (κ2) is 7.85. The summed E-state index contributed by atoms with van der Waals surface area (Å²) >= 11 is 3.43. The molecule has 2 aliphatic heterocycles. The third-order valence-electron chi connectivity index (χ3n) is 5.66. The lowest BCUT2D eigenvalue weighted by atomic mass is 9.90. The molecule has 32 heavy (non-hydrogen) atoms. The first-order valence-corrected chi connectivity index (χ1v) is 10.6. The largest absolute Gasteiger partial charge is 0.273 e. The molecule has 0 unspecified atom stereocenters. The summed E-state index contributed by atoms with van der Waals surface area (Å²) in [6, 6.07) is 21.7. The number of rotatable bonds is 4. The summed E-state index contributed by atoms with van der Waals surface area (Å²) in [7, 11) is 0. The second-order valence-electron chi connectivity index (χ2n) is 7.49. The third kappa shape index (κ3) is 3.26. The van der Waals surface area contributed by atoms with Gasteiger partial charge in [0.15, 0.2) is 6.10 Å². The number of carbonyl (C=O) groups is 2. The number of nitrogens with zero attached hydrogens (tertiary/aromatic N) is 3. The molecule has 2 saturated heterocycles. The van der Waals surface area contributed by atoms with Crippen LogP contribution in [0.15, 0.2) is 83.3 Å². The number of carbonyl (C=O) groups excluding carboxylic acids is 2. The number of halogens is 1. The van der Waals surface area contributed by atoms with Crippen LogP contribution in [0, 0.1) is 16.0 Å². The fourth-order valence-corrected chi connectivity index (χ4v) is 4.45. The lowest BCUT2D eigenvalue weighted by molar-refractivity contribution is -0.384. The highest BCUT2D eigenvalue weighted by Crippen LogP contribution is 2.47. The first-order valence-electron chi connectivity index (χ1n) is 9.84. The van der Waals surface area contributed by atoms with Crippen LogP contribution >= 0.6 is 15.9 Å². The van der Waals surface area contributed by atoms with Crippen molar-refractivity contribution < 1.29 is 19.3 Å². The number of amides is 2. The normalized spacial score (nSPS) is 22.3. The molecule has 0 bridgehead atoms. The molecular weight excluding hydrogens is 478 g/mol. The van der Waals surface area contributed by atoms with Gasteiger partial charge in [0.05, 0.1) is 22.3 Å². The average molecular weight is 494 g/mol. The summed E-state index contributed by atoms with van der Waals surface area (Å²) < 4.78 is 0.893. The fraction of sp³-hybridized carbons (Fsp3) is 0.130. The molecule has 2 amide bonds. The van der Waals surface area contributed by atoms with E-state index < -0.39 is 34.8 Å². The van der Waals surface area contributed by atoms with Gasteiger partial charge in [-0.2, -0.15) is 0 Å². The summed E-state index contributed by atoms with van der Waals surface area (Å²) in [6.45, 7) is 0. The van der Waals surface area contributed by atoms with E-state index in [-0.39, 0.29) is 11.4 Å². The standard InChI is InChI=1S/C23H16BrN3O5/c24-15-8-6-14(7-9-15)20-19-21(32-26(20)17-4-2-1-3-5-17)23(29)25(22(19)28)16-10-12-18(13-11-16)27(30)31/h1-13,19-21H/t19-,20-,21-/m1/s1. The van der Waals surface area contributed by atoms with Crippen molar-refractivity contribution in [1.29, 1.82) is 0 Å². The van der Waals surface area contributed by atoms with Gasteiger partial charge in [-0.15, -0.1) is 0 Å². The number of benzene rings is 3. The second-order valence-corrected chi connectivity index (χ2v) is 8.41. The maximum atomic E-state index is 13.5. The number of imide groups is 1. The van der Waals surface area contributed by atoms with Crippen molar-refractivity contribution in [1.82, 2.24) is 0 Å². The minimum atomic E-state index is -0.994. The third-order valence-corrected chi connectivity index (χ3v) is 6.19. The van der Waals surface area contributed by atoms with Gasteiger partial charge in [0.1, 0.15) is 5.92 Å². The van der Waals surface area contributed by atoms with E-state index in [0.717, 1.165) is 20.6 Å². The van der Waals surface area contributed by atoms with Crippen molar-refractivity contribution in [2.45, 2.75) is 12.1 Å². The Balaban J connectivity index is 1.55. The Hall–Kier alpha value is -3.56. The smallest absolute Gasteiger partial charge is 0.269 e. The molecule has 0 aliphatic carbocycles. The van der Waals surface area contributed by atoms with Crippen LogP contribution in [-0.4, -0.2) is 22.8 Å². The molecule has 3 atom stereocenters. The van der Waals surface area contributed by atoms with Crippen LogP contribution in [0.5, 0.6) is 0 Å². The lowest BCUT2D eigenvalue weighted by Gasteiger charge is -2.28. The minimum Gasteiger partial charge on any atom is -0.273 e. The highest BCUT2D eigenvalue weighted by Gasteiger charge is 2.60. The zero-order chi connectivity index (χ0) is 22.4. The molecule has 2 fully saturated rings. The van der Waals surface area contributed by atoms with E-state index in [2.05, 4.69) is 15.9 Å². The van der Waals surface area contributed by atoms with Crippen molar-refractivity contribution in [3.05, 3.63) is 99.0 Å². The first-order chi connectivity index (χ1) is 15.5. The van der Waals surface area contributed by atoms with Crippen LogP contribution in [-0.2, 0) is 14.4 Å². The molecule has 8 nitrogen and oxygen atoms in total. The molecule has 3 aromatic carbocycles. The molecule has 0 N–H and O–H groups in total. The molecular formula is C23H16BrN3O5. The number of para-hydroxylation sites is 1. The maximum absolute atomic E-state index is 13.5. The number of hydroxylamine groups is 1. The lowest BCUT2D eigenvalue weighted by Crippen LogP contribution is -2.37. The number of anilines is 2. The SMILES string of the molecule is O=C1[C@@H]2[C@@H](c3ccc(Br)cc3)N(c3ccccc3)O[C@H]2C(=O)N1c1ccc([N+](=O)[O-])cc1. The number of nitro benzene ring substituents is 1. The Morgan fingerprint density at radius 3 is 2.12 bits per heavy atom. The monoisotopic (exact) mass is 493 g/mol. The summed E-state index contributed by atoms with van der Waals surface area (Å²) in [5, 5.41) is 12.6. The fourth-order valence-electron chi connectivity index (χ4n) is 4.19. The first kappa shape index (κ1) is 20.3. The molecule has 0 aromatic heterocycles. The van der Waals surface area contributed by atoms with Gasteiger partial charge in [-0.1, -0.05) is 46.3 Å². The van der Waals surface area contributed by atoms with Gasteiger partial charge in [0.25, 0.3) is 11.6 Å². The van der Waals surface area contributed by atoms with Crippen molar-refractivity contribution in [2.24, 2.45) is 5.92 Å². The van der Waals surface area contributed by atoms with E-state index in [1.807, 2.05) is 54.6 Å². The molecule has 0 spiro atoms. The number of hydrogen-bond acceptors (Lipinski definition) is 6. The van der Waals surface area contributed by atoms with Gasteiger partial charge in [0, 0.05) is 16.6 Å². The Labute approximate surface area is 191 Å². The molecule has 0 radical (unpaired) electrons. The molecule has 5 rings (SSSR count). The van der Waals surface area contributed by atoms with Crippen molar-refractivity contribution in [2.75, 3.05) is 9.96 Å². The molecule has 2 aliphatic rings. The van der Waals surface area contributed by atoms with E-state index in [1.165, 1.54) is 24.3 Å². The number of hydrogen-bond donors (Lipinski definition) is 0. The highest BCUT2D eigenvalue weighted by molar-refractivity contribution is 9.10. The predicted molar refractivity (Wildman–Crippen MR) is 120 cm³/mol. The van der Waals surface area contributed by atoms with Gasteiger partial charge in [0.2, 0.25) is 5.91 Å². The van der Waals surface area contributed by atoms with E-state index in [9.17, 15) is 19.7 Å².